The number of hydrogen-bond acceptors (Lipinski definition) is 7. The molecule has 1 atom stereocenters. The van der Waals surface area contributed by atoms with Gasteiger partial charge >= 0.3 is 5.97 Å². The first-order valence-corrected chi connectivity index (χ1v) is 7.81. The molecule has 3 rings (SSSR count). The molecular weight excluding hydrogens is 332 g/mol. The number of fused-ring (bicyclic) bond motifs is 1. The van der Waals surface area contributed by atoms with Crippen molar-refractivity contribution in [1.29, 1.82) is 0 Å². The van der Waals surface area contributed by atoms with Crippen molar-refractivity contribution in [3.05, 3.63) is 46.1 Å². The number of nitrogens with one attached hydrogen (secondary N) is 1. The zero-order valence-electron chi connectivity index (χ0n) is 12.5. The Labute approximate surface area is 140 Å². The molecule has 3 aromatic rings. The Morgan fingerprint density at radius 3 is 2.92 bits per heavy atom. The molecule has 2 heterocycles. The fourth-order valence-electron chi connectivity index (χ4n) is 2.25. The molecule has 0 radical (unpaired) electrons. The smallest absolute Gasteiger partial charge is 0.325 e. The van der Waals surface area contributed by atoms with Crippen molar-refractivity contribution < 1.29 is 14.8 Å². The van der Waals surface area contributed by atoms with Crippen molar-refractivity contribution in [2.24, 2.45) is 0 Å². The Morgan fingerprint density at radius 1 is 1.42 bits per heavy atom. The van der Waals surface area contributed by atoms with Gasteiger partial charge in [0.25, 0.3) is 5.69 Å². The van der Waals surface area contributed by atoms with Gasteiger partial charge in [0.1, 0.15) is 23.0 Å². The highest BCUT2D eigenvalue weighted by Crippen LogP contribution is 2.37. The van der Waals surface area contributed by atoms with Crippen LogP contribution < -0.4 is 5.32 Å². The second-order valence-corrected chi connectivity index (χ2v) is 5.92. The van der Waals surface area contributed by atoms with E-state index in [0.29, 0.717) is 21.6 Å². The average molecular weight is 344 g/mol. The van der Waals surface area contributed by atoms with Gasteiger partial charge in [0, 0.05) is 23.1 Å². The SMILES string of the molecule is CC(Nc1ncnc2scc(-c3cccc([N+](=O)[O-])c3)c12)C(=O)O. The largest absolute Gasteiger partial charge is 0.480 e. The Bertz CT molecular complexity index is 940. The minimum Gasteiger partial charge on any atom is -0.480 e. The summed E-state index contributed by atoms with van der Waals surface area (Å²) in [5.41, 5.74) is 1.35. The summed E-state index contributed by atoms with van der Waals surface area (Å²) in [5.74, 6) is -0.619. The molecule has 0 spiro atoms. The number of carboxylic acid groups (broad SMARTS) is 1. The molecule has 2 N–H and O–H groups in total. The van der Waals surface area contributed by atoms with E-state index in [4.69, 9.17) is 5.11 Å². The van der Waals surface area contributed by atoms with Gasteiger partial charge in [-0.25, -0.2) is 9.97 Å². The Balaban J connectivity index is 2.14. The number of carboxylic acids is 1. The molecular formula is C15H12N4O4S. The number of benzene rings is 1. The third-order valence-electron chi connectivity index (χ3n) is 3.46. The van der Waals surface area contributed by atoms with Gasteiger partial charge in [0.15, 0.2) is 0 Å². The number of anilines is 1. The predicted octanol–water partition coefficient (Wildman–Crippen LogP) is 3.15. The molecule has 8 nitrogen and oxygen atoms in total. The first kappa shape index (κ1) is 15.8. The van der Waals surface area contributed by atoms with Crippen molar-refractivity contribution in [2.45, 2.75) is 13.0 Å². The quantitative estimate of drug-likeness (QED) is 0.539. The number of nitrogens with zero attached hydrogens (tertiary/aromatic N) is 3. The van der Waals surface area contributed by atoms with Crippen LogP contribution in [0.2, 0.25) is 0 Å². The van der Waals surface area contributed by atoms with Gasteiger partial charge in [-0.15, -0.1) is 11.3 Å². The molecule has 0 bridgehead atoms. The lowest BCUT2D eigenvalue weighted by Gasteiger charge is -2.11. The third kappa shape index (κ3) is 2.88. The molecule has 0 saturated carbocycles. The number of aromatic nitrogens is 2. The lowest BCUT2D eigenvalue weighted by atomic mass is 10.1. The zero-order valence-corrected chi connectivity index (χ0v) is 13.3. The van der Waals surface area contributed by atoms with Crippen LogP contribution in [0.25, 0.3) is 21.3 Å². The second kappa shape index (κ2) is 6.20. The number of nitro benzene ring substituents is 1. The van der Waals surface area contributed by atoms with E-state index in [2.05, 4.69) is 15.3 Å². The number of aliphatic carboxylic acids is 1. The number of carbonyl (C=O) groups is 1. The van der Waals surface area contributed by atoms with Gasteiger partial charge < -0.3 is 10.4 Å². The summed E-state index contributed by atoms with van der Waals surface area (Å²) in [6.07, 6.45) is 1.35. The predicted molar refractivity (Wildman–Crippen MR) is 90.2 cm³/mol. The summed E-state index contributed by atoms with van der Waals surface area (Å²) >= 11 is 1.36. The standard InChI is InChI=1S/C15H12N4O4S/c1-8(15(20)21)18-13-12-11(6-24-14(12)17-7-16-13)9-3-2-4-10(5-9)19(22)23/h2-8H,1H3,(H,20,21)(H,16,17,18). The third-order valence-corrected chi connectivity index (χ3v) is 4.35. The van der Waals surface area contributed by atoms with Gasteiger partial charge in [-0.05, 0) is 12.5 Å². The maximum Gasteiger partial charge on any atom is 0.325 e. The molecule has 0 saturated heterocycles. The molecule has 0 fully saturated rings. The maximum absolute atomic E-state index is 11.1. The van der Waals surface area contributed by atoms with E-state index in [-0.39, 0.29) is 5.69 Å². The van der Waals surface area contributed by atoms with Crippen LogP contribution in [0.5, 0.6) is 0 Å². The van der Waals surface area contributed by atoms with E-state index in [0.717, 1.165) is 5.56 Å². The van der Waals surface area contributed by atoms with Crippen LogP contribution in [-0.4, -0.2) is 32.0 Å². The highest BCUT2D eigenvalue weighted by atomic mass is 32.1. The molecule has 0 aliphatic rings. The molecule has 9 heteroatoms. The highest BCUT2D eigenvalue weighted by molar-refractivity contribution is 7.17. The van der Waals surface area contributed by atoms with Gasteiger partial charge in [-0.3, -0.25) is 14.9 Å². The van der Waals surface area contributed by atoms with Crippen LogP contribution >= 0.6 is 11.3 Å². The molecule has 122 valence electrons. The Hall–Kier alpha value is -3.07. The lowest BCUT2D eigenvalue weighted by molar-refractivity contribution is -0.384. The van der Waals surface area contributed by atoms with Crippen molar-refractivity contribution >= 4 is 39.0 Å². The van der Waals surface area contributed by atoms with Crippen LogP contribution in [0.15, 0.2) is 36.0 Å². The average Bonchev–Trinajstić information content (AvgIpc) is 3.00. The normalized spacial score (nSPS) is 12.0. The van der Waals surface area contributed by atoms with Crippen LogP contribution in [-0.2, 0) is 4.79 Å². The van der Waals surface area contributed by atoms with Crippen LogP contribution in [0, 0.1) is 10.1 Å². The number of hydrogen-bond donors (Lipinski definition) is 2. The van der Waals surface area contributed by atoms with Crippen molar-refractivity contribution in [1.82, 2.24) is 9.97 Å². The molecule has 0 aliphatic heterocycles. The van der Waals surface area contributed by atoms with Gasteiger partial charge in [0.2, 0.25) is 0 Å². The van der Waals surface area contributed by atoms with Crippen molar-refractivity contribution in [3.8, 4) is 11.1 Å². The number of nitro groups is 1. The number of thiophene rings is 1. The minimum absolute atomic E-state index is 0.0166. The first-order chi connectivity index (χ1) is 11.5. The monoisotopic (exact) mass is 344 g/mol. The fraction of sp³-hybridized carbons (Fsp3) is 0.133. The molecule has 1 unspecified atom stereocenters. The van der Waals surface area contributed by atoms with Gasteiger partial charge in [-0.1, -0.05) is 12.1 Å². The number of non-ortho nitro benzene ring substituents is 1. The van der Waals surface area contributed by atoms with E-state index >= 15 is 0 Å². The molecule has 0 amide bonds. The van der Waals surface area contributed by atoms with Crippen LogP contribution in [0.3, 0.4) is 0 Å². The van der Waals surface area contributed by atoms with E-state index < -0.39 is 16.9 Å². The summed E-state index contributed by atoms with van der Waals surface area (Å²) in [6.45, 7) is 1.51. The summed E-state index contributed by atoms with van der Waals surface area (Å²) < 4.78 is 0. The molecule has 1 aromatic carbocycles. The van der Waals surface area contributed by atoms with Crippen LogP contribution in [0.4, 0.5) is 11.5 Å². The maximum atomic E-state index is 11.1. The van der Waals surface area contributed by atoms with Crippen LogP contribution in [0.1, 0.15) is 6.92 Å². The Kier molecular flexibility index (Phi) is 4.09. The molecule has 2 aromatic heterocycles. The first-order valence-electron chi connectivity index (χ1n) is 6.93. The van der Waals surface area contributed by atoms with Crippen molar-refractivity contribution in [2.75, 3.05) is 5.32 Å². The Morgan fingerprint density at radius 2 is 2.21 bits per heavy atom. The summed E-state index contributed by atoms with van der Waals surface area (Å²) in [5, 5.41) is 25.4. The zero-order chi connectivity index (χ0) is 17.3. The van der Waals surface area contributed by atoms with Crippen molar-refractivity contribution in [3.63, 3.8) is 0 Å². The summed E-state index contributed by atoms with van der Waals surface area (Å²) in [6, 6.07) is 5.42. The summed E-state index contributed by atoms with van der Waals surface area (Å²) in [7, 11) is 0. The highest BCUT2D eigenvalue weighted by Gasteiger charge is 2.18. The summed E-state index contributed by atoms with van der Waals surface area (Å²) in [4.78, 5) is 30.6. The van der Waals surface area contributed by atoms with Gasteiger partial charge in [-0.2, -0.15) is 0 Å². The minimum atomic E-state index is -1.01. The van der Waals surface area contributed by atoms with E-state index in [1.807, 2.05) is 5.38 Å². The van der Waals surface area contributed by atoms with E-state index in [1.165, 1.54) is 36.7 Å². The molecule has 0 aliphatic carbocycles. The topological polar surface area (TPSA) is 118 Å². The lowest BCUT2D eigenvalue weighted by Crippen LogP contribution is -2.26. The van der Waals surface area contributed by atoms with E-state index in [1.54, 1.807) is 12.1 Å². The second-order valence-electron chi connectivity index (χ2n) is 5.06. The number of rotatable bonds is 5. The fourth-order valence-corrected chi connectivity index (χ4v) is 3.17. The van der Waals surface area contributed by atoms with E-state index in [9.17, 15) is 14.9 Å². The molecule has 24 heavy (non-hydrogen) atoms. The van der Waals surface area contributed by atoms with Gasteiger partial charge in [0.05, 0.1) is 10.3 Å².